The molecule has 0 fully saturated rings. The largest absolute Gasteiger partial charge is 0.390 e. The quantitative estimate of drug-likeness (QED) is 0.610. The summed E-state index contributed by atoms with van der Waals surface area (Å²) in [6.45, 7) is 0. The lowest BCUT2D eigenvalue weighted by molar-refractivity contribution is 0.587. The summed E-state index contributed by atoms with van der Waals surface area (Å²) in [5, 5.41) is 6.71. The van der Waals surface area contributed by atoms with Crippen molar-refractivity contribution in [3.05, 3.63) is 11.4 Å². The molecule has 0 unspecified atom stereocenters. The van der Waals surface area contributed by atoms with Crippen molar-refractivity contribution >= 4 is 0 Å². The molecule has 0 saturated carbocycles. The molecule has 0 saturated heterocycles. The summed E-state index contributed by atoms with van der Waals surface area (Å²) in [5.41, 5.74) is 9.15. The van der Waals surface area contributed by atoms with Gasteiger partial charge in [0.25, 0.3) is 0 Å². The van der Waals surface area contributed by atoms with E-state index in [1.807, 2.05) is 7.05 Å². The predicted molar refractivity (Wildman–Crippen MR) is 48.9 cm³/mol. The SMILES string of the molecule is CN/C1=C(\N=N)CCCCCC1. The van der Waals surface area contributed by atoms with Crippen LogP contribution in [0.15, 0.2) is 16.5 Å². The third kappa shape index (κ3) is 2.32. The van der Waals surface area contributed by atoms with Gasteiger partial charge in [0.2, 0.25) is 0 Å². The third-order valence-electron chi connectivity index (χ3n) is 2.38. The second-order valence-corrected chi connectivity index (χ2v) is 3.20. The Bertz CT molecular complexity index is 184. The highest BCUT2D eigenvalue weighted by atomic mass is 15.0. The summed E-state index contributed by atoms with van der Waals surface area (Å²) >= 11 is 0. The molecule has 0 radical (unpaired) electrons. The van der Waals surface area contributed by atoms with Crippen LogP contribution < -0.4 is 5.32 Å². The topological polar surface area (TPSA) is 48.2 Å². The van der Waals surface area contributed by atoms with E-state index in [2.05, 4.69) is 10.4 Å². The molecule has 1 aliphatic carbocycles. The highest BCUT2D eigenvalue weighted by Crippen LogP contribution is 2.21. The highest BCUT2D eigenvalue weighted by molar-refractivity contribution is 5.10. The molecule has 0 amide bonds. The second-order valence-electron chi connectivity index (χ2n) is 3.20. The average Bonchev–Trinajstić information content (AvgIpc) is 2.05. The van der Waals surface area contributed by atoms with E-state index in [1.165, 1.54) is 31.4 Å². The minimum atomic E-state index is 0.956. The number of rotatable bonds is 2. The molecule has 0 aromatic rings. The molecule has 0 heterocycles. The molecule has 0 bridgehead atoms. The molecule has 2 N–H and O–H groups in total. The van der Waals surface area contributed by atoms with Gasteiger partial charge >= 0.3 is 0 Å². The minimum Gasteiger partial charge on any atom is -0.390 e. The van der Waals surface area contributed by atoms with Gasteiger partial charge in [-0.1, -0.05) is 12.8 Å². The van der Waals surface area contributed by atoms with E-state index < -0.39 is 0 Å². The normalized spacial score (nSPS) is 25.8. The van der Waals surface area contributed by atoms with Gasteiger partial charge in [0.1, 0.15) is 0 Å². The number of nitrogens with one attached hydrogen (secondary N) is 2. The van der Waals surface area contributed by atoms with Crippen molar-refractivity contribution in [3.63, 3.8) is 0 Å². The van der Waals surface area contributed by atoms with Crippen LogP contribution in [0.1, 0.15) is 38.5 Å². The summed E-state index contributed by atoms with van der Waals surface area (Å²) < 4.78 is 0. The molecule has 1 rings (SSSR count). The molecule has 68 valence electrons. The molecule has 0 aromatic carbocycles. The smallest absolute Gasteiger partial charge is 0.0812 e. The summed E-state index contributed by atoms with van der Waals surface area (Å²) in [5.74, 6) is 0. The maximum absolute atomic E-state index is 7.03. The minimum absolute atomic E-state index is 0.956. The van der Waals surface area contributed by atoms with Crippen molar-refractivity contribution in [2.24, 2.45) is 5.11 Å². The fourth-order valence-corrected chi connectivity index (χ4v) is 1.64. The van der Waals surface area contributed by atoms with Crippen molar-refractivity contribution in [1.82, 2.24) is 5.32 Å². The van der Waals surface area contributed by atoms with E-state index in [0.717, 1.165) is 18.5 Å². The molecule has 0 aliphatic heterocycles. The Morgan fingerprint density at radius 3 is 2.42 bits per heavy atom. The van der Waals surface area contributed by atoms with E-state index in [-0.39, 0.29) is 0 Å². The Morgan fingerprint density at radius 1 is 1.17 bits per heavy atom. The van der Waals surface area contributed by atoms with Crippen LogP contribution in [0.3, 0.4) is 0 Å². The maximum Gasteiger partial charge on any atom is 0.0812 e. The number of nitrogens with zero attached hydrogens (tertiary/aromatic N) is 1. The van der Waals surface area contributed by atoms with E-state index in [1.54, 1.807) is 0 Å². The molecule has 3 heteroatoms. The second kappa shape index (κ2) is 4.91. The lowest BCUT2D eigenvalue weighted by atomic mass is 10.0. The van der Waals surface area contributed by atoms with Gasteiger partial charge in [-0.25, -0.2) is 5.53 Å². The monoisotopic (exact) mass is 167 g/mol. The Balaban J connectivity index is 2.69. The summed E-state index contributed by atoms with van der Waals surface area (Å²) in [6.07, 6.45) is 7.05. The first-order valence-electron chi connectivity index (χ1n) is 4.65. The van der Waals surface area contributed by atoms with Gasteiger partial charge in [0.15, 0.2) is 0 Å². The molecule has 3 nitrogen and oxygen atoms in total. The Labute approximate surface area is 73.8 Å². The number of allylic oxidation sites excluding steroid dienone is 2. The van der Waals surface area contributed by atoms with Gasteiger partial charge in [0, 0.05) is 12.7 Å². The zero-order valence-corrected chi connectivity index (χ0v) is 7.69. The van der Waals surface area contributed by atoms with Gasteiger partial charge in [-0.2, -0.15) is 5.11 Å². The van der Waals surface area contributed by atoms with Crippen LogP contribution in [0.25, 0.3) is 0 Å². The van der Waals surface area contributed by atoms with Crippen molar-refractivity contribution in [2.75, 3.05) is 7.05 Å². The van der Waals surface area contributed by atoms with E-state index >= 15 is 0 Å². The molecule has 0 aromatic heterocycles. The lowest BCUT2D eigenvalue weighted by Gasteiger charge is -2.13. The van der Waals surface area contributed by atoms with Gasteiger partial charge < -0.3 is 5.32 Å². The summed E-state index contributed by atoms with van der Waals surface area (Å²) in [7, 11) is 1.92. The Hall–Kier alpha value is -0.860. The van der Waals surface area contributed by atoms with Crippen LogP contribution in [0, 0.1) is 5.53 Å². The van der Waals surface area contributed by atoms with Gasteiger partial charge in [-0.05, 0) is 25.7 Å². The maximum atomic E-state index is 7.03. The zero-order valence-electron chi connectivity index (χ0n) is 7.69. The Morgan fingerprint density at radius 2 is 1.83 bits per heavy atom. The van der Waals surface area contributed by atoms with E-state index in [4.69, 9.17) is 5.53 Å². The first-order chi connectivity index (χ1) is 5.88. The fraction of sp³-hybridized carbons (Fsp3) is 0.778. The van der Waals surface area contributed by atoms with Crippen LogP contribution in [-0.4, -0.2) is 7.05 Å². The van der Waals surface area contributed by atoms with E-state index in [9.17, 15) is 0 Å². The molecular weight excluding hydrogens is 150 g/mol. The molecule has 1 aliphatic rings. The third-order valence-corrected chi connectivity index (χ3v) is 2.38. The molecular formula is C9H17N3. The average molecular weight is 167 g/mol. The van der Waals surface area contributed by atoms with Crippen molar-refractivity contribution in [2.45, 2.75) is 38.5 Å². The van der Waals surface area contributed by atoms with Crippen LogP contribution in [-0.2, 0) is 0 Å². The standard InChI is InChI=1S/C9H17N3/c1-11-8-6-4-2-3-5-7-9(8)12-10/h10-11H,2-7H2,1H3/b9-8-,12-10?. The number of hydrogen-bond donors (Lipinski definition) is 2. The first kappa shape index (κ1) is 9.23. The highest BCUT2D eigenvalue weighted by Gasteiger charge is 2.07. The van der Waals surface area contributed by atoms with Gasteiger partial charge in [-0.3, -0.25) is 0 Å². The van der Waals surface area contributed by atoms with Crippen molar-refractivity contribution in [1.29, 1.82) is 5.53 Å². The van der Waals surface area contributed by atoms with Crippen LogP contribution in [0.2, 0.25) is 0 Å². The van der Waals surface area contributed by atoms with Crippen molar-refractivity contribution in [3.8, 4) is 0 Å². The fourth-order valence-electron chi connectivity index (χ4n) is 1.64. The van der Waals surface area contributed by atoms with Gasteiger partial charge in [0.05, 0.1) is 5.70 Å². The lowest BCUT2D eigenvalue weighted by Crippen LogP contribution is -2.10. The first-order valence-corrected chi connectivity index (χ1v) is 4.65. The zero-order chi connectivity index (χ0) is 8.81. The summed E-state index contributed by atoms with van der Waals surface area (Å²) in [6, 6.07) is 0. The van der Waals surface area contributed by atoms with Crippen LogP contribution in [0.5, 0.6) is 0 Å². The molecule has 0 spiro atoms. The van der Waals surface area contributed by atoms with Crippen LogP contribution >= 0.6 is 0 Å². The molecule has 12 heavy (non-hydrogen) atoms. The van der Waals surface area contributed by atoms with Crippen molar-refractivity contribution < 1.29 is 0 Å². The number of hydrogen-bond acceptors (Lipinski definition) is 3. The molecule has 0 atom stereocenters. The van der Waals surface area contributed by atoms with Crippen LogP contribution in [0.4, 0.5) is 0 Å². The predicted octanol–water partition coefficient (Wildman–Crippen LogP) is 2.80. The summed E-state index contributed by atoms with van der Waals surface area (Å²) in [4.78, 5) is 0. The Kier molecular flexibility index (Phi) is 3.77. The van der Waals surface area contributed by atoms with E-state index in [0.29, 0.717) is 0 Å². The van der Waals surface area contributed by atoms with Gasteiger partial charge in [-0.15, -0.1) is 0 Å².